The molecule has 3 aromatic rings. The van der Waals surface area contributed by atoms with Crippen molar-refractivity contribution < 1.29 is 4.21 Å². The molecule has 1 aliphatic rings. The van der Waals surface area contributed by atoms with Crippen molar-refractivity contribution in [3.63, 3.8) is 0 Å². The number of anilines is 4. The minimum Gasteiger partial charge on any atom is -0.324 e. The van der Waals surface area contributed by atoms with Crippen molar-refractivity contribution in [3.8, 4) is 6.07 Å². The molecular weight excluding hydrogens is 424 g/mol. The fourth-order valence-corrected chi connectivity index (χ4v) is 4.10. The summed E-state index contributed by atoms with van der Waals surface area (Å²) in [6.45, 7) is 3.93. The van der Waals surface area contributed by atoms with E-state index < -0.39 is 9.73 Å². The number of aromatic nitrogens is 3. The van der Waals surface area contributed by atoms with Gasteiger partial charge in [-0.1, -0.05) is 6.07 Å². The lowest BCUT2D eigenvalue weighted by atomic mass is 9.95. The van der Waals surface area contributed by atoms with Gasteiger partial charge in [0, 0.05) is 34.5 Å². The van der Waals surface area contributed by atoms with Crippen LogP contribution in [0, 0.1) is 18.3 Å². The highest BCUT2D eigenvalue weighted by molar-refractivity contribution is 7.92. The van der Waals surface area contributed by atoms with Crippen molar-refractivity contribution in [1.29, 1.82) is 5.26 Å². The maximum Gasteiger partial charge on any atom is 0.229 e. The monoisotopic (exact) mass is 448 g/mol. The molecule has 1 aromatic carbocycles. The summed E-state index contributed by atoms with van der Waals surface area (Å²) in [6.07, 6.45) is 5.57. The van der Waals surface area contributed by atoms with Gasteiger partial charge in [-0.3, -0.25) is 0 Å². The molecule has 0 amide bonds. The molecule has 0 fully saturated rings. The molecule has 32 heavy (non-hydrogen) atoms. The first-order valence-corrected chi connectivity index (χ1v) is 12.4. The number of aryl methyl sites for hydroxylation is 1. The summed E-state index contributed by atoms with van der Waals surface area (Å²) in [5.74, 6) is 1.46. The number of hydrogen-bond acceptors (Lipinski definition) is 9. The van der Waals surface area contributed by atoms with E-state index in [-0.39, 0.29) is 5.56 Å². The van der Waals surface area contributed by atoms with Crippen molar-refractivity contribution >= 4 is 38.8 Å². The lowest BCUT2D eigenvalue weighted by Gasteiger charge is -2.20. The van der Waals surface area contributed by atoms with Crippen molar-refractivity contribution in [2.45, 2.75) is 19.9 Å². The second-order valence-corrected chi connectivity index (χ2v) is 10.4. The SMILES string of the molecule is Cc1cc(Nc2ncc(C#N)c(Nc3cccc(N=S(C)(C)=O)n3)n2)cc2c1CCNC2. The van der Waals surface area contributed by atoms with Crippen molar-refractivity contribution in [2.24, 2.45) is 4.36 Å². The highest BCUT2D eigenvalue weighted by Gasteiger charge is 2.14. The summed E-state index contributed by atoms with van der Waals surface area (Å²) in [5, 5.41) is 19.2. The summed E-state index contributed by atoms with van der Waals surface area (Å²) < 4.78 is 16.1. The van der Waals surface area contributed by atoms with Crippen molar-refractivity contribution in [1.82, 2.24) is 20.3 Å². The molecule has 3 N–H and O–H groups in total. The van der Waals surface area contributed by atoms with Crippen LogP contribution < -0.4 is 16.0 Å². The van der Waals surface area contributed by atoms with Gasteiger partial charge in [-0.25, -0.2) is 14.2 Å². The zero-order valence-electron chi connectivity index (χ0n) is 18.1. The predicted octanol–water partition coefficient (Wildman–Crippen LogP) is 3.54. The molecule has 0 bridgehead atoms. The summed E-state index contributed by atoms with van der Waals surface area (Å²) in [6, 6.07) is 11.4. The van der Waals surface area contributed by atoms with E-state index in [9.17, 15) is 9.47 Å². The number of nitriles is 1. The minimum atomic E-state index is -2.34. The van der Waals surface area contributed by atoms with Crippen LogP contribution in [-0.2, 0) is 22.7 Å². The highest BCUT2D eigenvalue weighted by Crippen LogP contribution is 2.26. The maximum atomic E-state index is 12.0. The molecule has 10 heteroatoms. The molecule has 1 aliphatic heterocycles. The molecular formula is C22H24N8OS. The Labute approximate surface area is 187 Å². The van der Waals surface area contributed by atoms with Gasteiger partial charge in [0.15, 0.2) is 11.6 Å². The van der Waals surface area contributed by atoms with E-state index in [1.54, 1.807) is 30.7 Å². The van der Waals surface area contributed by atoms with Crippen molar-refractivity contribution in [3.05, 3.63) is 58.8 Å². The van der Waals surface area contributed by atoms with Crippen LogP contribution in [0.15, 0.2) is 40.9 Å². The number of fused-ring (bicyclic) bond motifs is 1. The molecule has 0 saturated heterocycles. The van der Waals surface area contributed by atoms with Gasteiger partial charge in [0.2, 0.25) is 5.95 Å². The first-order valence-electron chi connectivity index (χ1n) is 10.1. The Kier molecular flexibility index (Phi) is 6.03. The Hall–Kier alpha value is -3.55. The third-order valence-corrected chi connectivity index (χ3v) is 5.52. The lowest BCUT2D eigenvalue weighted by molar-refractivity contribution is 0.641. The zero-order valence-corrected chi connectivity index (χ0v) is 19.0. The number of pyridine rings is 1. The van der Waals surface area contributed by atoms with Crippen molar-refractivity contribution in [2.75, 3.05) is 29.7 Å². The van der Waals surface area contributed by atoms with Crippen LogP contribution >= 0.6 is 0 Å². The predicted molar refractivity (Wildman–Crippen MR) is 126 cm³/mol. The molecule has 0 aliphatic carbocycles. The Morgan fingerprint density at radius 3 is 2.84 bits per heavy atom. The van der Waals surface area contributed by atoms with Crippen LogP contribution in [0.1, 0.15) is 22.3 Å². The Balaban J connectivity index is 1.62. The van der Waals surface area contributed by atoms with Crippen LogP contribution in [0.5, 0.6) is 0 Å². The molecule has 0 atom stereocenters. The molecule has 0 unspecified atom stereocenters. The summed E-state index contributed by atoms with van der Waals surface area (Å²) in [7, 11) is -2.34. The molecule has 0 radical (unpaired) electrons. The van der Waals surface area contributed by atoms with Gasteiger partial charge in [-0.05, 0) is 60.8 Å². The van der Waals surface area contributed by atoms with E-state index in [4.69, 9.17) is 0 Å². The van der Waals surface area contributed by atoms with E-state index >= 15 is 0 Å². The van der Waals surface area contributed by atoms with Crippen LogP contribution in [0.2, 0.25) is 0 Å². The number of nitrogens with zero attached hydrogens (tertiary/aromatic N) is 5. The van der Waals surface area contributed by atoms with Crippen LogP contribution in [0.3, 0.4) is 0 Å². The molecule has 0 saturated carbocycles. The Morgan fingerprint density at radius 2 is 2.06 bits per heavy atom. The smallest absolute Gasteiger partial charge is 0.229 e. The van der Waals surface area contributed by atoms with E-state index in [1.165, 1.54) is 22.9 Å². The van der Waals surface area contributed by atoms with Crippen LogP contribution in [-0.4, -0.2) is 38.2 Å². The molecule has 9 nitrogen and oxygen atoms in total. The third-order valence-electron chi connectivity index (χ3n) is 4.89. The van der Waals surface area contributed by atoms with Gasteiger partial charge in [0.1, 0.15) is 17.5 Å². The van der Waals surface area contributed by atoms with E-state index in [2.05, 4.69) is 60.4 Å². The number of rotatable bonds is 5. The molecule has 4 rings (SSSR count). The fraction of sp³-hybridized carbons (Fsp3) is 0.273. The topological polar surface area (TPSA) is 128 Å². The van der Waals surface area contributed by atoms with Gasteiger partial charge >= 0.3 is 0 Å². The van der Waals surface area contributed by atoms with Crippen LogP contribution in [0.25, 0.3) is 0 Å². The van der Waals surface area contributed by atoms with E-state index in [0.717, 1.165) is 25.2 Å². The zero-order chi connectivity index (χ0) is 22.7. The van der Waals surface area contributed by atoms with Gasteiger partial charge in [0.05, 0.1) is 6.20 Å². The quantitative estimate of drug-likeness (QED) is 0.541. The fourth-order valence-electron chi connectivity index (χ4n) is 3.55. The lowest BCUT2D eigenvalue weighted by Crippen LogP contribution is -2.24. The van der Waals surface area contributed by atoms with Gasteiger partial charge in [0.25, 0.3) is 0 Å². The number of nitrogens with one attached hydrogen (secondary N) is 3. The molecule has 2 aromatic heterocycles. The Morgan fingerprint density at radius 1 is 1.22 bits per heavy atom. The van der Waals surface area contributed by atoms with Crippen LogP contribution in [0.4, 0.5) is 29.1 Å². The minimum absolute atomic E-state index is 0.278. The molecule has 3 heterocycles. The first-order chi connectivity index (χ1) is 15.3. The number of hydrogen-bond donors (Lipinski definition) is 3. The first kappa shape index (κ1) is 21.7. The molecule has 0 spiro atoms. The summed E-state index contributed by atoms with van der Waals surface area (Å²) in [4.78, 5) is 13.1. The standard InChI is InChI=1S/C22H24N8OS/c1-14-9-17(10-15-12-24-8-7-18(14)15)26-22-25-13-16(11-23)21(29-22)28-19-5-4-6-20(27-19)30-32(2,3)31/h4-6,9-10,13,24H,7-8,12H2,1-3H3,(H2,25,26,27,28,29). The average molecular weight is 449 g/mol. The normalized spacial score (nSPS) is 13.1. The van der Waals surface area contributed by atoms with E-state index in [1.807, 2.05) is 0 Å². The summed E-state index contributed by atoms with van der Waals surface area (Å²) in [5.41, 5.74) is 5.04. The van der Waals surface area contributed by atoms with Gasteiger partial charge < -0.3 is 16.0 Å². The van der Waals surface area contributed by atoms with Gasteiger partial charge in [-0.15, -0.1) is 0 Å². The highest BCUT2D eigenvalue weighted by atomic mass is 32.2. The number of benzene rings is 1. The molecule has 164 valence electrons. The van der Waals surface area contributed by atoms with E-state index in [0.29, 0.717) is 23.4 Å². The largest absolute Gasteiger partial charge is 0.324 e. The summed E-state index contributed by atoms with van der Waals surface area (Å²) >= 11 is 0. The third kappa shape index (κ3) is 5.19. The van der Waals surface area contributed by atoms with Gasteiger partial charge in [-0.2, -0.15) is 14.6 Å². The second kappa shape index (κ2) is 8.90. The second-order valence-electron chi connectivity index (χ2n) is 7.83. The Bertz CT molecular complexity index is 1330. The maximum absolute atomic E-state index is 12.0. The average Bonchev–Trinajstić information content (AvgIpc) is 2.73.